The Labute approximate surface area is 121 Å². The van der Waals surface area contributed by atoms with Gasteiger partial charge in [0.05, 0.1) is 22.4 Å². The van der Waals surface area contributed by atoms with E-state index in [0.29, 0.717) is 24.0 Å². The molecule has 2 aromatic rings. The molecule has 6 heteroatoms. The highest BCUT2D eigenvalue weighted by Crippen LogP contribution is 2.22. The molecule has 0 aliphatic carbocycles. The number of hydrogen-bond donors (Lipinski definition) is 1. The van der Waals surface area contributed by atoms with Crippen LogP contribution in [-0.2, 0) is 4.79 Å². The lowest BCUT2D eigenvalue weighted by Gasteiger charge is -2.37. The van der Waals surface area contributed by atoms with Crippen molar-refractivity contribution >= 4 is 22.9 Å². The summed E-state index contributed by atoms with van der Waals surface area (Å²) in [7, 11) is 0. The van der Waals surface area contributed by atoms with Crippen LogP contribution >= 0.6 is 0 Å². The van der Waals surface area contributed by atoms with Crippen LogP contribution in [0.4, 0.5) is 0 Å². The molecule has 1 amide bonds. The maximum atomic E-state index is 12.4. The van der Waals surface area contributed by atoms with Crippen LogP contribution in [0.2, 0.25) is 0 Å². The first-order chi connectivity index (χ1) is 9.97. The molecule has 1 aromatic carbocycles. The Morgan fingerprint density at radius 1 is 1.19 bits per heavy atom. The van der Waals surface area contributed by atoms with Gasteiger partial charge in [-0.05, 0) is 38.5 Å². The van der Waals surface area contributed by atoms with Crippen LogP contribution in [0.15, 0.2) is 18.2 Å². The van der Waals surface area contributed by atoms with Crippen molar-refractivity contribution in [1.82, 2.24) is 14.9 Å². The topological polar surface area (TPSA) is 83.4 Å². The first kappa shape index (κ1) is 13.5. The predicted molar refractivity (Wildman–Crippen MR) is 76.1 cm³/mol. The molecule has 1 aliphatic heterocycles. The summed E-state index contributed by atoms with van der Waals surface area (Å²) < 4.78 is 0. The van der Waals surface area contributed by atoms with Gasteiger partial charge in [0, 0.05) is 12.1 Å². The third-order valence-corrected chi connectivity index (χ3v) is 3.89. The summed E-state index contributed by atoms with van der Waals surface area (Å²) in [6.07, 6.45) is 0.507. The van der Waals surface area contributed by atoms with Crippen LogP contribution < -0.4 is 0 Å². The molecule has 0 spiro atoms. The van der Waals surface area contributed by atoms with Crippen LogP contribution in [-0.4, -0.2) is 44.4 Å². The van der Waals surface area contributed by atoms with Gasteiger partial charge in [-0.25, -0.2) is 14.8 Å². The maximum Gasteiger partial charge on any atom is 0.326 e. The van der Waals surface area contributed by atoms with Gasteiger partial charge in [-0.2, -0.15) is 0 Å². The van der Waals surface area contributed by atoms with Gasteiger partial charge in [-0.15, -0.1) is 0 Å². The molecule has 6 nitrogen and oxygen atoms in total. The van der Waals surface area contributed by atoms with E-state index in [0.717, 1.165) is 16.9 Å². The summed E-state index contributed by atoms with van der Waals surface area (Å²) in [5.41, 5.74) is 3.50. The monoisotopic (exact) mass is 285 g/mol. The SMILES string of the molecule is Cc1nc2ccc(C(=O)N3CCC3C(=O)O)cc2nc1C. The zero-order valence-electron chi connectivity index (χ0n) is 11.8. The molecule has 1 fully saturated rings. The summed E-state index contributed by atoms with van der Waals surface area (Å²) >= 11 is 0. The van der Waals surface area contributed by atoms with E-state index < -0.39 is 12.0 Å². The van der Waals surface area contributed by atoms with Gasteiger partial charge >= 0.3 is 5.97 Å². The number of carboxylic acid groups (broad SMARTS) is 1. The molecule has 3 rings (SSSR count). The number of aliphatic carboxylic acids is 1. The minimum Gasteiger partial charge on any atom is -0.480 e. The number of likely N-dealkylation sites (tertiary alicyclic amines) is 1. The Morgan fingerprint density at radius 2 is 1.86 bits per heavy atom. The molecule has 0 saturated carbocycles. The van der Waals surface area contributed by atoms with Gasteiger partial charge < -0.3 is 10.0 Å². The number of carbonyl (C=O) groups excluding carboxylic acids is 1. The number of nitrogens with zero attached hydrogens (tertiary/aromatic N) is 3. The minimum absolute atomic E-state index is 0.268. The molecule has 1 N–H and O–H groups in total. The number of amides is 1. The van der Waals surface area contributed by atoms with E-state index >= 15 is 0 Å². The molecule has 108 valence electrons. The van der Waals surface area contributed by atoms with Crippen molar-refractivity contribution in [2.24, 2.45) is 0 Å². The second-order valence-corrected chi connectivity index (χ2v) is 5.24. The standard InChI is InChI=1S/C15H15N3O3/c1-8-9(2)17-12-7-10(3-4-11(12)16-8)14(19)18-6-5-13(18)15(20)21/h3-4,7,13H,5-6H2,1-2H3,(H,20,21). The molecule has 21 heavy (non-hydrogen) atoms. The molecule has 1 unspecified atom stereocenters. The first-order valence-corrected chi connectivity index (χ1v) is 6.76. The second-order valence-electron chi connectivity index (χ2n) is 5.24. The summed E-state index contributed by atoms with van der Waals surface area (Å²) in [6, 6.07) is 4.39. The highest BCUT2D eigenvalue weighted by molar-refractivity contribution is 5.99. The van der Waals surface area contributed by atoms with Crippen LogP contribution in [0.1, 0.15) is 28.2 Å². The molecule has 1 atom stereocenters. The molecular weight excluding hydrogens is 270 g/mol. The lowest BCUT2D eigenvalue weighted by molar-refractivity contribution is -0.146. The highest BCUT2D eigenvalue weighted by Gasteiger charge is 2.37. The van der Waals surface area contributed by atoms with Gasteiger partial charge in [0.15, 0.2) is 0 Å². The number of fused-ring (bicyclic) bond motifs is 1. The van der Waals surface area contributed by atoms with E-state index in [1.807, 2.05) is 13.8 Å². The normalized spacial score (nSPS) is 17.6. The van der Waals surface area contributed by atoms with E-state index in [9.17, 15) is 9.59 Å². The smallest absolute Gasteiger partial charge is 0.326 e. The fourth-order valence-electron chi connectivity index (χ4n) is 2.42. The van der Waals surface area contributed by atoms with Gasteiger partial charge in [0.25, 0.3) is 5.91 Å². The Balaban J connectivity index is 1.96. The van der Waals surface area contributed by atoms with Crippen LogP contribution in [0.3, 0.4) is 0 Å². The fraction of sp³-hybridized carbons (Fsp3) is 0.333. The maximum absolute atomic E-state index is 12.4. The lowest BCUT2D eigenvalue weighted by Crippen LogP contribution is -2.55. The fourth-order valence-corrected chi connectivity index (χ4v) is 2.42. The molecule has 1 aliphatic rings. The largest absolute Gasteiger partial charge is 0.480 e. The van der Waals surface area contributed by atoms with E-state index in [-0.39, 0.29) is 5.91 Å². The second kappa shape index (κ2) is 4.80. The van der Waals surface area contributed by atoms with E-state index in [4.69, 9.17) is 5.11 Å². The van der Waals surface area contributed by atoms with Crippen molar-refractivity contribution in [2.45, 2.75) is 26.3 Å². The Bertz CT molecular complexity index is 757. The Morgan fingerprint density at radius 3 is 2.43 bits per heavy atom. The third kappa shape index (κ3) is 2.22. The van der Waals surface area contributed by atoms with Crippen LogP contribution in [0.5, 0.6) is 0 Å². The van der Waals surface area contributed by atoms with Crippen molar-refractivity contribution in [1.29, 1.82) is 0 Å². The van der Waals surface area contributed by atoms with Gasteiger partial charge in [0.2, 0.25) is 0 Å². The highest BCUT2D eigenvalue weighted by atomic mass is 16.4. The quantitative estimate of drug-likeness (QED) is 0.905. The van der Waals surface area contributed by atoms with Crippen molar-refractivity contribution in [2.75, 3.05) is 6.54 Å². The van der Waals surface area contributed by atoms with Crippen molar-refractivity contribution in [3.8, 4) is 0 Å². The summed E-state index contributed by atoms with van der Waals surface area (Å²) in [5, 5.41) is 9.02. The molecular formula is C15H15N3O3. The zero-order valence-corrected chi connectivity index (χ0v) is 11.8. The van der Waals surface area contributed by atoms with Crippen molar-refractivity contribution in [3.05, 3.63) is 35.2 Å². The van der Waals surface area contributed by atoms with Crippen molar-refractivity contribution < 1.29 is 14.7 Å². The predicted octanol–water partition coefficient (Wildman–Crippen LogP) is 1.55. The number of carboxylic acids is 1. The molecule has 0 radical (unpaired) electrons. The summed E-state index contributed by atoms with van der Waals surface area (Å²) in [5.74, 6) is -1.22. The van der Waals surface area contributed by atoms with Crippen LogP contribution in [0, 0.1) is 13.8 Å². The molecule has 1 aromatic heterocycles. The summed E-state index contributed by atoms with van der Waals surface area (Å²) in [4.78, 5) is 33.6. The molecule has 2 heterocycles. The van der Waals surface area contributed by atoms with Gasteiger partial charge in [0.1, 0.15) is 6.04 Å². The molecule has 0 bridgehead atoms. The lowest BCUT2D eigenvalue weighted by atomic mass is 10.0. The van der Waals surface area contributed by atoms with E-state index in [1.54, 1.807) is 18.2 Å². The average molecular weight is 285 g/mol. The number of hydrogen-bond acceptors (Lipinski definition) is 4. The van der Waals surface area contributed by atoms with Crippen LogP contribution in [0.25, 0.3) is 11.0 Å². The number of carbonyl (C=O) groups is 2. The third-order valence-electron chi connectivity index (χ3n) is 3.89. The zero-order chi connectivity index (χ0) is 15.1. The number of aromatic nitrogens is 2. The van der Waals surface area contributed by atoms with E-state index in [1.165, 1.54) is 4.90 Å². The molecule has 1 saturated heterocycles. The number of rotatable bonds is 2. The van der Waals surface area contributed by atoms with Gasteiger partial charge in [-0.1, -0.05) is 0 Å². The minimum atomic E-state index is -0.957. The summed E-state index contributed by atoms with van der Waals surface area (Å²) in [6.45, 7) is 4.23. The van der Waals surface area contributed by atoms with Gasteiger partial charge in [-0.3, -0.25) is 4.79 Å². The van der Waals surface area contributed by atoms with Crippen molar-refractivity contribution in [3.63, 3.8) is 0 Å². The average Bonchev–Trinajstić information content (AvgIpc) is 2.37. The Hall–Kier alpha value is -2.50. The number of aryl methyl sites for hydroxylation is 2. The first-order valence-electron chi connectivity index (χ1n) is 6.76. The number of benzene rings is 1. The Kier molecular flexibility index (Phi) is 3.08. The van der Waals surface area contributed by atoms with E-state index in [2.05, 4.69) is 9.97 Å².